The summed E-state index contributed by atoms with van der Waals surface area (Å²) >= 11 is 0. The number of benzene rings is 1. The van der Waals surface area contributed by atoms with Gasteiger partial charge >= 0.3 is 5.69 Å². The Hall–Kier alpha value is -3.29. The summed E-state index contributed by atoms with van der Waals surface area (Å²) in [5.74, 6) is 1.15. The second-order valence-corrected chi connectivity index (χ2v) is 9.15. The normalized spacial score (nSPS) is 19.2. The lowest BCUT2D eigenvalue weighted by Crippen LogP contribution is -2.38. The number of rotatable bonds is 3. The number of piperidine rings is 1. The lowest BCUT2D eigenvalue weighted by atomic mass is 9.89. The van der Waals surface area contributed by atoms with E-state index in [1.807, 2.05) is 40.8 Å². The van der Waals surface area contributed by atoms with Gasteiger partial charge in [-0.2, -0.15) is 0 Å². The van der Waals surface area contributed by atoms with E-state index in [0.717, 1.165) is 49.2 Å². The molecule has 3 aliphatic rings. The minimum absolute atomic E-state index is 0.0551. The largest absolute Gasteiger partial charge is 0.490 e. The number of pyridine rings is 1. The molecule has 0 atom stereocenters. The van der Waals surface area contributed by atoms with Gasteiger partial charge in [-0.1, -0.05) is 0 Å². The van der Waals surface area contributed by atoms with Crippen LogP contribution in [0.3, 0.4) is 0 Å². The van der Waals surface area contributed by atoms with Crippen molar-refractivity contribution in [1.82, 2.24) is 19.4 Å². The molecule has 1 aromatic carbocycles. The molecule has 2 aliphatic heterocycles. The molecule has 2 aromatic heterocycles. The van der Waals surface area contributed by atoms with Crippen LogP contribution in [0, 0.1) is 0 Å². The number of aromatic nitrogens is 3. The number of likely N-dealkylation sites (tertiary alicyclic amines) is 1. The average Bonchev–Trinajstić information content (AvgIpc) is 3.59. The van der Waals surface area contributed by atoms with Crippen molar-refractivity contribution < 1.29 is 9.53 Å². The molecule has 0 bridgehead atoms. The number of carbonyl (C=O) groups is 1. The maximum Gasteiger partial charge on any atom is 0.327 e. The highest BCUT2D eigenvalue weighted by Crippen LogP contribution is 2.39. The monoisotopic (exact) mass is 433 g/mol. The predicted octanol–water partition coefficient (Wildman–Crippen LogP) is 2.91. The molecule has 0 spiro atoms. The molecule has 8 heteroatoms. The van der Waals surface area contributed by atoms with Crippen LogP contribution in [0.5, 0.6) is 5.75 Å². The van der Waals surface area contributed by atoms with Crippen LogP contribution >= 0.6 is 0 Å². The second kappa shape index (κ2) is 7.39. The molecule has 4 heterocycles. The van der Waals surface area contributed by atoms with E-state index in [0.29, 0.717) is 42.9 Å². The number of nitrogens with zero attached hydrogens (tertiary/aromatic N) is 4. The zero-order valence-corrected chi connectivity index (χ0v) is 18.2. The van der Waals surface area contributed by atoms with Crippen LogP contribution in [0.15, 0.2) is 35.3 Å². The summed E-state index contributed by atoms with van der Waals surface area (Å²) in [5, 5.41) is 0. The molecule has 1 aliphatic carbocycles. The minimum Gasteiger partial charge on any atom is -0.490 e. The Bertz CT molecular complexity index is 1250. The van der Waals surface area contributed by atoms with E-state index < -0.39 is 0 Å². The van der Waals surface area contributed by atoms with E-state index in [-0.39, 0.29) is 11.6 Å². The van der Waals surface area contributed by atoms with Crippen molar-refractivity contribution in [2.75, 3.05) is 38.2 Å². The Labute approximate surface area is 185 Å². The molecule has 1 amide bonds. The standard InChI is InChI=1S/C24H27N5O3/c1-27-12-13-32-20-14-16(2-5-19(20)27)23(30)28-10-7-15(8-11-28)18-6-9-25-22-21(18)29(17-3-4-17)24(31)26-22/h2,5-6,9,14-15,17H,3-4,7-8,10-13H2,1H3,(H,25,26,31). The third-order valence-corrected chi connectivity index (χ3v) is 7.08. The summed E-state index contributed by atoms with van der Waals surface area (Å²) in [7, 11) is 2.04. The molecule has 0 radical (unpaired) electrons. The van der Waals surface area contributed by atoms with Crippen LogP contribution in [0.4, 0.5) is 5.69 Å². The van der Waals surface area contributed by atoms with E-state index >= 15 is 0 Å². The average molecular weight is 434 g/mol. The molecule has 0 unspecified atom stereocenters. The Morgan fingerprint density at radius 2 is 1.94 bits per heavy atom. The summed E-state index contributed by atoms with van der Waals surface area (Å²) in [6.07, 6.45) is 5.63. The quantitative estimate of drug-likeness (QED) is 0.687. The molecule has 8 nitrogen and oxygen atoms in total. The number of nitrogens with one attached hydrogen (secondary N) is 1. The highest BCUT2D eigenvalue weighted by molar-refractivity contribution is 5.95. The fourth-order valence-electron chi connectivity index (χ4n) is 5.15. The number of aromatic amines is 1. The molecule has 32 heavy (non-hydrogen) atoms. The topological polar surface area (TPSA) is 83.5 Å². The molecular weight excluding hydrogens is 406 g/mol. The SMILES string of the molecule is CN1CCOc2cc(C(=O)N3CCC(c4ccnc5[nH]c(=O)n(C6CC6)c45)CC3)ccc21. The zero-order valence-electron chi connectivity index (χ0n) is 18.2. The Morgan fingerprint density at radius 1 is 1.12 bits per heavy atom. The second-order valence-electron chi connectivity index (χ2n) is 9.15. The van der Waals surface area contributed by atoms with Crippen LogP contribution in [-0.2, 0) is 0 Å². The predicted molar refractivity (Wildman–Crippen MR) is 122 cm³/mol. The lowest BCUT2D eigenvalue weighted by molar-refractivity contribution is 0.0712. The number of imidazole rings is 1. The summed E-state index contributed by atoms with van der Waals surface area (Å²) in [6.45, 7) is 2.89. The van der Waals surface area contributed by atoms with Gasteiger partial charge < -0.3 is 14.5 Å². The maximum atomic E-state index is 13.2. The highest BCUT2D eigenvalue weighted by Gasteiger charge is 2.32. The van der Waals surface area contributed by atoms with Crippen molar-refractivity contribution in [2.45, 2.75) is 37.6 Å². The van der Waals surface area contributed by atoms with Gasteiger partial charge in [0.1, 0.15) is 12.4 Å². The molecular formula is C24H27N5O3. The first-order valence-corrected chi connectivity index (χ1v) is 11.5. The van der Waals surface area contributed by atoms with Gasteiger partial charge in [-0.05, 0) is 61.4 Å². The summed E-state index contributed by atoms with van der Waals surface area (Å²) in [6, 6.07) is 8.10. The molecule has 6 rings (SSSR count). The first-order valence-electron chi connectivity index (χ1n) is 11.5. The Morgan fingerprint density at radius 3 is 2.72 bits per heavy atom. The van der Waals surface area contributed by atoms with Crippen molar-refractivity contribution in [2.24, 2.45) is 0 Å². The van der Waals surface area contributed by atoms with E-state index in [2.05, 4.69) is 14.9 Å². The van der Waals surface area contributed by atoms with Crippen molar-refractivity contribution >= 4 is 22.8 Å². The molecule has 1 saturated heterocycles. The van der Waals surface area contributed by atoms with Gasteiger partial charge in [-0.25, -0.2) is 9.78 Å². The number of ether oxygens (including phenoxy) is 1. The number of hydrogen-bond donors (Lipinski definition) is 1. The number of likely N-dealkylation sites (N-methyl/N-ethyl adjacent to an activating group) is 1. The van der Waals surface area contributed by atoms with E-state index in [9.17, 15) is 9.59 Å². The molecule has 1 N–H and O–H groups in total. The Kier molecular flexibility index (Phi) is 4.48. The van der Waals surface area contributed by atoms with Gasteiger partial charge in [-0.15, -0.1) is 0 Å². The maximum absolute atomic E-state index is 13.2. The molecule has 2 fully saturated rings. The van der Waals surface area contributed by atoms with Crippen molar-refractivity contribution in [3.8, 4) is 5.75 Å². The number of H-pyrrole nitrogens is 1. The zero-order chi connectivity index (χ0) is 21.8. The molecule has 166 valence electrons. The fourth-order valence-corrected chi connectivity index (χ4v) is 5.15. The molecule has 3 aromatic rings. The van der Waals surface area contributed by atoms with Gasteiger partial charge in [0.2, 0.25) is 0 Å². The van der Waals surface area contributed by atoms with E-state index in [1.165, 1.54) is 5.56 Å². The smallest absolute Gasteiger partial charge is 0.327 e. The number of anilines is 1. The third kappa shape index (κ3) is 3.16. The van der Waals surface area contributed by atoms with Crippen molar-refractivity contribution in [3.63, 3.8) is 0 Å². The van der Waals surface area contributed by atoms with Crippen LogP contribution in [0.2, 0.25) is 0 Å². The summed E-state index contributed by atoms with van der Waals surface area (Å²) < 4.78 is 7.68. The van der Waals surface area contributed by atoms with Gasteiger partial charge in [-0.3, -0.25) is 14.3 Å². The van der Waals surface area contributed by atoms with Crippen LogP contribution in [0.25, 0.3) is 11.2 Å². The highest BCUT2D eigenvalue weighted by atomic mass is 16.5. The fraction of sp³-hybridized carbons (Fsp3) is 0.458. The molecule has 1 saturated carbocycles. The van der Waals surface area contributed by atoms with Crippen LogP contribution in [0.1, 0.15) is 53.6 Å². The third-order valence-electron chi connectivity index (χ3n) is 7.08. The van der Waals surface area contributed by atoms with Crippen molar-refractivity contribution in [1.29, 1.82) is 0 Å². The number of carbonyl (C=O) groups excluding carboxylic acids is 1. The first kappa shape index (κ1) is 19.4. The van der Waals surface area contributed by atoms with Gasteiger partial charge in [0.05, 0.1) is 17.7 Å². The minimum atomic E-state index is -0.0599. The van der Waals surface area contributed by atoms with Gasteiger partial charge in [0.25, 0.3) is 5.91 Å². The number of hydrogen-bond acceptors (Lipinski definition) is 5. The number of amides is 1. The summed E-state index contributed by atoms with van der Waals surface area (Å²) in [4.78, 5) is 37.1. The van der Waals surface area contributed by atoms with E-state index in [4.69, 9.17) is 4.74 Å². The summed E-state index contributed by atoms with van der Waals surface area (Å²) in [5.41, 5.74) is 4.46. The first-order chi connectivity index (χ1) is 15.6. The number of fused-ring (bicyclic) bond motifs is 2. The van der Waals surface area contributed by atoms with Crippen LogP contribution < -0.4 is 15.3 Å². The lowest BCUT2D eigenvalue weighted by Gasteiger charge is -2.33. The Balaban J connectivity index is 1.21. The van der Waals surface area contributed by atoms with Gasteiger partial charge in [0.15, 0.2) is 5.65 Å². The van der Waals surface area contributed by atoms with E-state index in [1.54, 1.807) is 6.20 Å². The van der Waals surface area contributed by atoms with Crippen molar-refractivity contribution in [3.05, 3.63) is 52.1 Å². The van der Waals surface area contributed by atoms with Crippen LogP contribution in [-0.4, -0.2) is 58.6 Å². The van der Waals surface area contributed by atoms with Gasteiger partial charge in [0, 0.05) is 37.9 Å².